The first kappa shape index (κ1) is 15.4. The van der Waals surface area contributed by atoms with Gasteiger partial charge in [-0.25, -0.2) is 0 Å². The Kier molecular flexibility index (Phi) is 5.20. The van der Waals surface area contributed by atoms with Crippen LogP contribution in [-0.4, -0.2) is 18.8 Å². The summed E-state index contributed by atoms with van der Waals surface area (Å²) in [6, 6.07) is 13.1. The highest BCUT2D eigenvalue weighted by Gasteiger charge is 2.14. The zero-order valence-corrected chi connectivity index (χ0v) is 12.4. The average Bonchev–Trinajstić information content (AvgIpc) is 2.49. The molecule has 4 nitrogen and oxygen atoms in total. The van der Waals surface area contributed by atoms with Gasteiger partial charge in [-0.2, -0.15) is 0 Å². The van der Waals surface area contributed by atoms with Crippen LogP contribution in [-0.2, 0) is 6.42 Å². The van der Waals surface area contributed by atoms with Crippen LogP contribution in [0.25, 0.3) is 0 Å². The number of hydrogen-bond acceptors (Lipinski definition) is 4. The highest BCUT2D eigenvalue weighted by atomic mass is 16.5. The number of nitrogens with two attached hydrogens (primary N) is 1. The summed E-state index contributed by atoms with van der Waals surface area (Å²) in [5.41, 5.74) is 7.94. The van der Waals surface area contributed by atoms with Gasteiger partial charge in [0, 0.05) is 12.6 Å². The van der Waals surface area contributed by atoms with E-state index in [1.165, 1.54) is 0 Å². The van der Waals surface area contributed by atoms with Crippen molar-refractivity contribution in [1.29, 1.82) is 0 Å². The van der Waals surface area contributed by atoms with Gasteiger partial charge in [0.25, 0.3) is 0 Å². The van der Waals surface area contributed by atoms with Crippen molar-refractivity contribution in [2.24, 2.45) is 5.73 Å². The number of benzene rings is 2. The molecule has 0 aliphatic heterocycles. The quantitative estimate of drug-likeness (QED) is 0.857. The molecule has 3 N–H and O–H groups in total. The third-order valence-corrected chi connectivity index (χ3v) is 3.25. The minimum Gasteiger partial charge on any atom is -0.496 e. The van der Waals surface area contributed by atoms with E-state index < -0.39 is 0 Å². The molecule has 0 aliphatic rings. The smallest absolute Gasteiger partial charge is 0.135 e. The molecule has 0 fully saturated rings. The lowest BCUT2D eigenvalue weighted by molar-refractivity contribution is 0.299. The van der Waals surface area contributed by atoms with Gasteiger partial charge in [0.15, 0.2) is 0 Å². The first-order valence-electron chi connectivity index (χ1n) is 6.96. The number of aliphatic hydroxyl groups is 1. The Balaban J connectivity index is 2.26. The van der Waals surface area contributed by atoms with Gasteiger partial charge < -0.3 is 20.3 Å². The van der Waals surface area contributed by atoms with E-state index in [4.69, 9.17) is 20.3 Å². The van der Waals surface area contributed by atoms with Crippen LogP contribution in [0.1, 0.15) is 24.1 Å². The molecule has 112 valence electrons. The Morgan fingerprint density at radius 2 is 1.76 bits per heavy atom. The summed E-state index contributed by atoms with van der Waals surface area (Å²) in [5, 5.41) is 8.92. The molecule has 0 radical (unpaired) electrons. The van der Waals surface area contributed by atoms with E-state index in [1.807, 2.05) is 49.4 Å². The van der Waals surface area contributed by atoms with E-state index in [0.717, 1.165) is 22.6 Å². The summed E-state index contributed by atoms with van der Waals surface area (Å²) in [7, 11) is 1.62. The number of aliphatic hydroxyl groups excluding tert-OH is 1. The molecule has 4 heteroatoms. The summed E-state index contributed by atoms with van der Waals surface area (Å²) >= 11 is 0. The summed E-state index contributed by atoms with van der Waals surface area (Å²) < 4.78 is 11.3. The number of hydrogen-bond donors (Lipinski definition) is 2. The van der Waals surface area contributed by atoms with Gasteiger partial charge in [-0.1, -0.05) is 18.2 Å². The lowest BCUT2D eigenvalue weighted by Gasteiger charge is -2.17. The average molecular weight is 287 g/mol. The normalized spacial score (nSPS) is 12.0. The highest BCUT2D eigenvalue weighted by molar-refractivity contribution is 5.48. The van der Waals surface area contributed by atoms with Crippen molar-refractivity contribution in [1.82, 2.24) is 0 Å². The van der Waals surface area contributed by atoms with Crippen molar-refractivity contribution < 1.29 is 14.6 Å². The number of rotatable bonds is 6. The third-order valence-electron chi connectivity index (χ3n) is 3.25. The van der Waals surface area contributed by atoms with Crippen molar-refractivity contribution in [3.05, 3.63) is 53.6 Å². The SMILES string of the molecule is COc1cccc(Oc2ccc(CCO)cc2)c1[C@@H](C)N. The van der Waals surface area contributed by atoms with Gasteiger partial charge in [-0.3, -0.25) is 0 Å². The van der Waals surface area contributed by atoms with Crippen LogP contribution < -0.4 is 15.2 Å². The molecule has 1 atom stereocenters. The molecule has 2 aromatic rings. The van der Waals surface area contributed by atoms with Crippen LogP contribution in [0.15, 0.2) is 42.5 Å². The minimum absolute atomic E-state index is 0.144. The van der Waals surface area contributed by atoms with Gasteiger partial charge in [0.2, 0.25) is 0 Å². The topological polar surface area (TPSA) is 64.7 Å². The largest absolute Gasteiger partial charge is 0.496 e. The van der Waals surface area contributed by atoms with E-state index in [9.17, 15) is 0 Å². The van der Waals surface area contributed by atoms with Crippen molar-refractivity contribution in [3.8, 4) is 17.2 Å². The lowest BCUT2D eigenvalue weighted by Crippen LogP contribution is -2.08. The van der Waals surface area contributed by atoms with Crippen molar-refractivity contribution in [3.63, 3.8) is 0 Å². The predicted molar refractivity (Wildman–Crippen MR) is 82.9 cm³/mol. The maximum absolute atomic E-state index is 8.92. The molecule has 0 saturated heterocycles. The maximum Gasteiger partial charge on any atom is 0.135 e. The fourth-order valence-electron chi connectivity index (χ4n) is 2.22. The first-order valence-corrected chi connectivity index (χ1v) is 6.96. The van der Waals surface area contributed by atoms with Gasteiger partial charge in [-0.05, 0) is 43.2 Å². The van der Waals surface area contributed by atoms with Crippen LogP contribution in [0.2, 0.25) is 0 Å². The minimum atomic E-state index is -0.190. The Labute approximate surface area is 125 Å². The molecular weight excluding hydrogens is 266 g/mol. The molecule has 0 heterocycles. The molecule has 0 amide bonds. The molecular formula is C17H21NO3. The van der Waals surface area contributed by atoms with Crippen molar-refractivity contribution >= 4 is 0 Å². The lowest BCUT2D eigenvalue weighted by atomic mass is 10.1. The molecule has 0 unspecified atom stereocenters. The Morgan fingerprint density at radius 1 is 1.10 bits per heavy atom. The Morgan fingerprint density at radius 3 is 2.33 bits per heavy atom. The molecule has 0 spiro atoms. The van der Waals surface area contributed by atoms with Gasteiger partial charge >= 0.3 is 0 Å². The third kappa shape index (κ3) is 3.74. The predicted octanol–water partition coefficient (Wildman–Crippen LogP) is 3.04. The second-order valence-corrected chi connectivity index (χ2v) is 4.88. The van der Waals surface area contributed by atoms with E-state index in [-0.39, 0.29) is 12.6 Å². The van der Waals surface area contributed by atoms with E-state index >= 15 is 0 Å². The molecule has 0 saturated carbocycles. The number of methoxy groups -OCH3 is 1. The maximum atomic E-state index is 8.92. The van der Waals surface area contributed by atoms with Crippen LogP contribution >= 0.6 is 0 Å². The van der Waals surface area contributed by atoms with Crippen LogP contribution in [0.5, 0.6) is 17.2 Å². The molecule has 0 aliphatic carbocycles. The van der Waals surface area contributed by atoms with Crippen LogP contribution in [0.3, 0.4) is 0 Å². The van der Waals surface area contributed by atoms with Crippen LogP contribution in [0, 0.1) is 0 Å². The molecule has 2 rings (SSSR count). The van der Waals surface area contributed by atoms with Gasteiger partial charge in [-0.15, -0.1) is 0 Å². The van der Waals surface area contributed by atoms with Crippen molar-refractivity contribution in [2.75, 3.05) is 13.7 Å². The van der Waals surface area contributed by atoms with Gasteiger partial charge in [0.05, 0.1) is 12.7 Å². The first-order chi connectivity index (χ1) is 10.2. The number of ether oxygens (including phenoxy) is 2. The standard InChI is InChI=1S/C17H21NO3/c1-12(18)17-15(20-2)4-3-5-16(17)21-14-8-6-13(7-9-14)10-11-19/h3-9,12,19H,10-11,18H2,1-2H3/t12-/m1/s1. The Hall–Kier alpha value is -2.04. The second-order valence-electron chi connectivity index (χ2n) is 4.88. The summed E-state index contributed by atoms with van der Waals surface area (Å²) in [6.45, 7) is 2.04. The molecule has 0 aromatic heterocycles. The molecule has 0 bridgehead atoms. The second kappa shape index (κ2) is 7.11. The van der Waals surface area contributed by atoms with E-state index in [0.29, 0.717) is 12.2 Å². The molecule has 21 heavy (non-hydrogen) atoms. The fourth-order valence-corrected chi connectivity index (χ4v) is 2.22. The zero-order chi connectivity index (χ0) is 15.2. The Bertz CT molecular complexity index is 579. The van der Waals surface area contributed by atoms with E-state index in [2.05, 4.69) is 0 Å². The molecule has 2 aromatic carbocycles. The summed E-state index contributed by atoms with van der Waals surface area (Å²) in [4.78, 5) is 0. The van der Waals surface area contributed by atoms with Gasteiger partial charge in [0.1, 0.15) is 17.2 Å². The van der Waals surface area contributed by atoms with Crippen LogP contribution in [0.4, 0.5) is 0 Å². The van der Waals surface area contributed by atoms with E-state index in [1.54, 1.807) is 7.11 Å². The summed E-state index contributed by atoms with van der Waals surface area (Å²) in [6.07, 6.45) is 0.643. The summed E-state index contributed by atoms with van der Waals surface area (Å²) in [5.74, 6) is 2.14. The van der Waals surface area contributed by atoms with Crippen molar-refractivity contribution in [2.45, 2.75) is 19.4 Å². The highest BCUT2D eigenvalue weighted by Crippen LogP contribution is 2.35. The monoisotopic (exact) mass is 287 g/mol. The fraction of sp³-hybridized carbons (Fsp3) is 0.294. The zero-order valence-electron chi connectivity index (χ0n) is 12.4.